The van der Waals surface area contributed by atoms with Crippen molar-refractivity contribution >= 4 is 0 Å². The van der Waals surface area contributed by atoms with Gasteiger partial charge in [0.2, 0.25) is 0 Å². The summed E-state index contributed by atoms with van der Waals surface area (Å²) in [4.78, 5) is 7.19. The second-order valence-electron chi connectivity index (χ2n) is 5.96. The third kappa shape index (κ3) is 2.82. The van der Waals surface area contributed by atoms with Gasteiger partial charge in [0.1, 0.15) is 5.82 Å². The molecule has 0 aliphatic carbocycles. The van der Waals surface area contributed by atoms with Crippen molar-refractivity contribution in [3.63, 3.8) is 0 Å². The first-order valence-electron chi connectivity index (χ1n) is 7.54. The van der Waals surface area contributed by atoms with Crippen LogP contribution in [-0.2, 0) is 19.4 Å². The summed E-state index contributed by atoms with van der Waals surface area (Å²) >= 11 is 0. The fourth-order valence-electron chi connectivity index (χ4n) is 3.29. The molecule has 0 amide bonds. The van der Waals surface area contributed by atoms with E-state index in [9.17, 15) is 5.11 Å². The van der Waals surface area contributed by atoms with Crippen LogP contribution in [0.4, 0.5) is 0 Å². The van der Waals surface area contributed by atoms with E-state index in [1.54, 1.807) is 0 Å². The van der Waals surface area contributed by atoms with Crippen LogP contribution in [0.25, 0.3) is 0 Å². The minimum Gasteiger partial charge on any atom is -0.396 e. The lowest BCUT2D eigenvalue weighted by Crippen LogP contribution is -2.22. The maximum absolute atomic E-state index is 9.25. The van der Waals surface area contributed by atoms with Gasteiger partial charge in [0.05, 0.1) is 0 Å². The number of fused-ring (bicyclic) bond motifs is 1. The lowest BCUT2D eigenvalue weighted by atomic mass is 9.99. The van der Waals surface area contributed by atoms with E-state index in [0.717, 1.165) is 49.9 Å². The van der Waals surface area contributed by atoms with Crippen LogP contribution >= 0.6 is 0 Å². The Morgan fingerprint density at radius 1 is 1.26 bits per heavy atom. The SMILES string of the molecule is CCN1CCC(Cc2nc3n(n2)CCC(CO)C3)C1. The van der Waals surface area contributed by atoms with Crippen molar-refractivity contribution in [1.29, 1.82) is 0 Å². The van der Waals surface area contributed by atoms with Gasteiger partial charge in [-0.25, -0.2) is 9.67 Å². The highest BCUT2D eigenvalue weighted by atomic mass is 16.3. The fraction of sp³-hybridized carbons (Fsp3) is 0.857. The van der Waals surface area contributed by atoms with Gasteiger partial charge in [0.15, 0.2) is 5.82 Å². The Bertz CT molecular complexity index is 431. The van der Waals surface area contributed by atoms with Crippen molar-refractivity contribution in [2.75, 3.05) is 26.2 Å². The molecule has 1 aromatic heterocycles. The van der Waals surface area contributed by atoms with Crippen LogP contribution in [0, 0.1) is 11.8 Å². The van der Waals surface area contributed by atoms with Crippen molar-refractivity contribution in [2.24, 2.45) is 11.8 Å². The zero-order chi connectivity index (χ0) is 13.2. The molecule has 106 valence electrons. The Kier molecular flexibility index (Phi) is 3.84. The van der Waals surface area contributed by atoms with Crippen LogP contribution in [-0.4, -0.2) is 51.0 Å². The average molecular weight is 264 g/mol. The first-order chi connectivity index (χ1) is 9.28. The van der Waals surface area contributed by atoms with Gasteiger partial charge in [-0.05, 0) is 37.8 Å². The highest BCUT2D eigenvalue weighted by Crippen LogP contribution is 2.22. The third-order valence-electron chi connectivity index (χ3n) is 4.56. The molecule has 0 radical (unpaired) electrons. The standard InChI is InChI=1S/C14H24N4O/c1-2-17-5-3-11(9-17)7-13-15-14-8-12(10-19)4-6-18(14)16-13/h11-12,19H,2-10H2,1H3. The van der Waals surface area contributed by atoms with Crippen LogP contribution < -0.4 is 0 Å². The Hall–Kier alpha value is -0.940. The molecule has 1 fully saturated rings. The molecular formula is C14H24N4O. The minimum atomic E-state index is 0.274. The molecule has 2 atom stereocenters. The number of aryl methyl sites for hydroxylation is 1. The van der Waals surface area contributed by atoms with Crippen molar-refractivity contribution in [3.05, 3.63) is 11.6 Å². The molecule has 2 aliphatic rings. The van der Waals surface area contributed by atoms with Crippen molar-refractivity contribution in [1.82, 2.24) is 19.7 Å². The summed E-state index contributed by atoms with van der Waals surface area (Å²) in [6.07, 6.45) is 4.20. The molecule has 0 saturated carbocycles. The zero-order valence-corrected chi connectivity index (χ0v) is 11.8. The van der Waals surface area contributed by atoms with Gasteiger partial charge < -0.3 is 10.0 Å². The Balaban J connectivity index is 1.62. The highest BCUT2D eigenvalue weighted by molar-refractivity contribution is 4.99. The second-order valence-corrected chi connectivity index (χ2v) is 5.96. The summed E-state index contributed by atoms with van der Waals surface area (Å²) in [6.45, 7) is 6.99. The molecule has 1 N–H and O–H groups in total. The molecule has 1 saturated heterocycles. The lowest BCUT2D eigenvalue weighted by molar-refractivity contribution is 0.196. The Morgan fingerprint density at radius 3 is 2.84 bits per heavy atom. The maximum Gasteiger partial charge on any atom is 0.151 e. The lowest BCUT2D eigenvalue weighted by Gasteiger charge is -2.19. The third-order valence-corrected chi connectivity index (χ3v) is 4.56. The molecule has 5 heteroatoms. The molecule has 2 aliphatic heterocycles. The van der Waals surface area contributed by atoms with E-state index < -0.39 is 0 Å². The summed E-state index contributed by atoms with van der Waals surface area (Å²) in [5.41, 5.74) is 0. The molecule has 19 heavy (non-hydrogen) atoms. The van der Waals surface area contributed by atoms with E-state index in [4.69, 9.17) is 0 Å². The normalized spacial score (nSPS) is 27.7. The van der Waals surface area contributed by atoms with Gasteiger partial charge in [0, 0.05) is 32.5 Å². The molecule has 2 unspecified atom stereocenters. The monoisotopic (exact) mass is 264 g/mol. The summed E-state index contributed by atoms with van der Waals surface area (Å²) in [5.74, 6) is 3.19. The number of rotatable bonds is 4. The van der Waals surface area contributed by atoms with Crippen LogP contribution in [0.1, 0.15) is 31.4 Å². The largest absolute Gasteiger partial charge is 0.396 e. The smallest absolute Gasteiger partial charge is 0.151 e. The number of likely N-dealkylation sites (tertiary alicyclic amines) is 1. The number of hydrogen-bond acceptors (Lipinski definition) is 4. The number of hydrogen-bond donors (Lipinski definition) is 1. The molecule has 0 bridgehead atoms. The van der Waals surface area contributed by atoms with E-state index in [1.165, 1.54) is 19.5 Å². The minimum absolute atomic E-state index is 0.274. The van der Waals surface area contributed by atoms with Crippen molar-refractivity contribution in [2.45, 2.75) is 39.2 Å². The zero-order valence-electron chi connectivity index (χ0n) is 11.8. The van der Waals surface area contributed by atoms with Gasteiger partial charge in [0.25, 0.3) is 0 Å². The van der Waals surface area contributed by atoms with E-state index in [2.05, 4.69) is 21.9 Å². The topological polar surface area (TPSA) is 54.2 Å². The molecule has 0 aromatic carbocycles. The summed E-state index contributed by atoms with van der Waals surface area (Å²) in [6, 6.07) is 0. The summed E-state index contributed by atoms with van der Waals surface area (Å²) < 4.78 is 2.05. The average Bonchev–Trinajstić information content (AvgIpc) is 3.03. The van der Waals surface area contributed by atoms with Crippen LogP contribution in [0.5, 0.6) is 0 Å². The molecule has 5 nitrogen and oxygen atoms in total. The van der Waals surface area contributed by atoms with Crippen LogP contribution in [0.3, 0.4) is 0 Å². The van der Waals surface area contributed by atoms with Crippen molar-refractivity contribution < 1.29 is 5.11 Å². The number of nitrogens with zero attached hydrogens (tertiary/aromatic N) is 4. The van der Waals surface area contributed by atoms with Gasteiger partial charge in [-0.15, -0.1) is 0 Å². The van der Waals surface area contributed by atoms with E-state index in [0.29, 0.717) is 5.92 Å². The van der Waals surface area contributed by atoms with Crippen LogP contribution in [0.2, 0.25) is 0 Å². The van der Waals surface area contributed by atoms with E-state index in [1.807, 2.05) is 4.68 Å². The summed E-state index contributed by atoms with van der Waals surface area (Å²) in [5, 5.41) is 13.9. The van der Waals surface area contributed by atoms with Gasteiger partial charge in [-0.2, -0.15) is 5.10 Å². The highest BCUT2D eigenvalue weighted by Gasteiger charge is 2.25. The predicted octanol–water partition coefficient (Wildman–Crippen LogP) is 0.717. The Morgan fingerprint density at radius 2 is 2.11 bits per heavy atom. The van der Waals surface area contributed by atoms with Crippen LogP contribution in [0.15, 0.2) is 0 Å². The van der Waals surface area contributed by atoms with Crippen molar-refractivity contribution in [3.8, 4) is 0 Å². The molecule has 0 spiro atoms. The molecule has 1 aromatic rings. The maximum atomic E-state index is 9.25. The molecular weight excluding hydrogens is 240 g/mol. The van der Waals surface area contributed by atoms with Gasteiger partial charge in [-0.1, -0.05) is 6.92 Å². The number of aromatic nitrogens is 3. The van der Waals surface area contributed by atoms with Gasteiger partial charge in [-0.3, -0.25) is 0 Å². The second kappa shape index (κ2) is 5.59. The quantitative estimate of drug-likeness (QED) is 0.870. The van der Waals surface area contributed by atoms with E-state index in [-0.39, 0.29) is 6.61 Å². The predicted molar refractivity (Wildman–Crippen MR) is 72.8 cm³/mol. The fourth-order valence-corrected chi connectivity index (χ4v) is 3.29. The molecule has 3 rings (SSSR count). The molecule has 3 heterocycles. The number of aliphatic hydroxyl groups is 1. The first-order valence-corrected chi connectivity index (χ1v) is 7.54. The first kappa shape index (κ1) is 13.1. The number of aliphatic hydroxyl groups excluding tert-OH is 1. The van der Waals surface area contributed by atoms with Gasteiger partial charge >= 0.3 is 0 Å². The Labute approximate surface area is 114 Å². The summed E-state index contributed by atoms with van der Waals surface area (Å²) in [7, 11) is 0. The van der Waals surface area contributed by atoms with E-state index >= 15 is 0 Å².